The molecule has 0 aliphatic carbocycles. The van der Waals surface area contributed by atoms with E-state index in [0.29, 0.717) is 0 Å². The minimum Gasteiger partial charge on any atom is -0.394 e. The Balaban J connectivity index is -0.0000000759. The van der Waals surface area contributed by atoms with Crippen molar-refractivity contribution < 1.29 is 42.1 Å². The molecule has 0 rings (SSSR count). The molecule has 11 heteroatoms. The summed E-state index contributed by atoms with van der Waals surface area (Å²) in [5, 5.41) is 41.6. The zero-order valence-electron chi connectivity index (χ0n) is 17.6. The van der Waals surface area contributed by atoms with E-state index in [4.69, 9.17) is 37.6 Å². The van der Waals surface area contributed by atoms with E-state index in [-0.39, 0.29) is 46.3 Å². The Morgan fingerprint density at radius 1 is 0.500 bits per heavy atom. The van der Waals surface area contributed by atoms with Crippen LogP contribution >= 0.6 is 0 Å². The van der Waals surface area contributed by atoms with Crippen LogP contribution in [-0.4, -0.2) is 63.7 Å². The van der Waals surface area contributed by atoms with Gasteiger partial charge in [-0.25, -0.2) is 0 Å². The summed E-state index contributed by atoms with van der Waals surface area (Å²) in [6, 6.07) is 0. The van der Waals surface area contributed by atoms with Crippen LogP contribution in [0.4, 0.5) is 0 Å². The molecule has 0 heterocycles. The predicted octanol–water partition coefficient (Wildman–Crippen LogP) is -1.96. The van der Waals surface area contributed by atoms with Crippen molar-refractivity contribution in [1.82, 2.24) is 16.0 Å². The standard InChI is InChI=1S/3C4H12N2O.C3H8O.Ti/c3*1-3(5)6-4(2)7;1-3(2)4;/h3*3-4,6-7H,5H2,1-2H3;3-4H,1-2H3;. The Hall–Kier alpha value is 0.314. The predicted molar refractivity (Wildman–Crippen MR) is 103 cm³/mol. The zero-order chi connectivity index (χ0) is 21.2. The number of nitrogens with one attached hydrogen (secondary N) is 3. The fourth-order valence-electron chi connectivity index (χ4n) is 1.14. The summed E-state index contributed by atoms with van der Waals surface area (Å²) < 4.78 is 0. The summed E-state index contributed by atoms with van der Waals surface area (Å²) in [6.07, 6.45) is -2.04. The number of rotatable bonds is 6. The van der Waals surface area contributed by atoms with Gasteiger partial charge in [-0.05, 0) is 55.4 Å². The van der Waals surface area contributed by atoms with Crippen LogP contribution in [-0.2, 0) is 21.7 Å². The van der Waals surface area contributed by atoms with E-state index in [1.807, 2.05) is 0 Å². The molecule has 162 valence electrons. The van der Waals surface area contributed by atoms with Crippen molar-refractivity contribution in [3.05, 3.63) is 0 Å². The van der Waals surface area contributed by atoms with Gasteiger partial charge in [0.05, 0.1) is 18.5 Å². The van der Waals surface area contributed by atoms with Crippen molar-refractivity contribution in [2.45, 2.75) is 98.7 Å². The van der Waals surface area contributed by atoms with E-state index in [1.165, 1.54) is 0 Å². The van der Waals surface area contributed by atoms with E-state index < -0.39 is 18.7 Å². The molecule has 0 aromatic rings. The third kappa shape index (κ3) is 87.2. The van der Waals surface area contributed by atoms with Gasteiger partial charge in [0.1, 0.15) is 18.7 Å². The fourth-order valence-corrected chi connectivity index (χ4v) is 1.14. The van der Waals surface area contributed by atoms with Gasteiger partial charge >= 0.3 is 0 Å². The van der Waals surface area contributed by atoms with Crippen LogP contribution < -0.4 is 33.2 Å². The second-order valence-electron chi connectivity index (χ2n) is 5.99. The van der Waals surface area contributed by atoms with E-state index in [2.05, 4.69) is 16.0 Å². The Morgan fingerprint density at radius 2 is 0.615 bits per heavy atom. The Bertz CT molecular complexity index is 192. The van der Waals surface area contributed by atoms with Crippen LogP contribution in [0.3, 0.4) is 0 Å². The summed E-state index contributed by atoms with van der Waals surface area (Å²) >= 11 is 0. The smallest absolute Gasteiger partial charge is 0.103 e. The molecule has 0 aromatic carbocycles. The van der Waals surface area contributed by atoms with Crippen LogP contribution in [0.5, 0.6) is 0 Å². The van der Waals surface area contributed by atoms with Crippen LogP contribution in [0.15, 0.2) is 0 Å². The molecule has 0 aliphatic rings. The molecule has 0 aliphatic heterocycles. The third-order valence-electron chi connectivity index (χ3n) is 1.51. The summed E-state index contributed by atoms with van der Waals surface area (Å²) in [7, 11) is 0. The second-order valence-corrected chi connectivity index (χ2v) is 5.99. The number of aliphatic hydroxyl groups excluding tert-OH is 4. The molecule has 0 saturated carbocycles. The molecular formula is C15H44N6O4Ti. The first kappa shape index (κ1) is 37.1. The molecule has 13 N–H and O–H groups in total. The molecule has 6 atom stereocenters. The van der Waals surface area contributed by atoms with Crippen LogP contribution in [0.2, 0.25) is 0 Å². The molecule has 0 saturated heterocycles. The topological polar surface area (TPSA) is 195 Å². The third-order valence-corrected chi connectivity index (χ3v) is 1.51. The maximum Gasteiger partial charge on any atom is 0.103 e. The van der Waals surface area contributed by atoms with Gasteiger partial charge in [0.2, 0.25) is 0 Å². The van der Waals surface area contributed by atoms with Crippen LogP contribution in [0.1, 0.15) is 55.4 Å². The van der Waals surface area contributed by atoms with Crippen molar-refractivity contribution >= 4 is 0 Å². The fraction of sp³-hybridized carbons (Fsp3) is 1.00. The first-order valence-electron chi connectivity index (χ1n) is 8.38. The van der Waals surface area contributed by atoms with Crippen molar-refractivity contribution in [1.29, 1.82) is 0 Å². The molecule has 0 aromatic heterocycles. The van der Waals surface area contributed by atoms with Gasteiger partial charge in [0.15, 0.2) is 0 Å². The van der Waals surface area contributed by atoms with Crippen LogP contribution in [0.25, 0.3) is 0 Å². The minimum absolute atomic E-state index is 0. The van der Waals surface area contributed by atoms with Crippen molar-refractivity contribution in [3.8, 4) is 0 Å². The monoisotopic (exact) mass is 420 g/mol. The van der Waals surface area contributed by atoms with Crippen LogP contribution in [0, 0.1) is 0 Å². The normalized spacial score (nSPS) is 16.6. The quantitative estimate of drug-likeness (QED) is 0.170. The summed E-state index contributed by atoms with van der Waals surface area (Å²) in [5.41, 5.74) is 15.7. The molecule has 0 bridgehead atoms. The number of nitrogens with two attached hydrogens (primary N) is 3. The number of hydrogen-bond donors (Lipinski definition) is 10. The molecule has 0 fully saturated rings. The van der Waals surface area contributed by atoms with Gasteiger partial charge in [-0.15, -0.1) is 0 Å². The summed E-state index contributed by atoms with van der Waals surface area (Å²) in [5.74, 6) is 0. The second kappa shape index (κ2) is 25.3. The molecular weight excluding hydrogens is 376 g/mol. The summed E-state index contributed by atoms with van der Waals surface area (Å²) in [4.78, 5) is 0. The molecule has 0 spiro atoms. The van der Waals surface area contributed by atoms with E-state index >= 15 is 0 Å². The number of aliphatic hydroxyl groups is 4. The minimum atomic E-state index is -0.500. The van der Waals surface area contributed by atoms with Gasteiger partial charge in [-0.2, -0.15) is 0 Å². The Kier molecular flexibility index (Phi) is 36.1. The Morgan fingerprint density at radius 3 is 0.615 bits per heavy atom. The van der Waals surface area contributed by atoms with E-state index in [9.17, 15) is 0 Å². The molecule has 0 radical (unpaired) electrons. The van der Waals surface area contributed by atoms with Gasteiger partial charge in [-0.1, -0.05) is 0 Å². The van der Waals surface area contributed by atoms with Crippen molar-refractivity contribution in [2.75, 3.05) is 0 Å². The molecule has 10 nitrogen and oxygen atoms in total. The first-order valence-corrected chi connectivity index (χ1v) is 8.38. The zero-order valence-corrected chi connectivity index (χ0v) is 19.1. The van der Waals surface area contributed by atoms with Crippen molar-refractivity contribution in [2.24, 2.45) is 17.2 Å². The molecule has 6 unspecified atom stereocenters. The van der Waals surface area contributed by atoms with Gasteiger partial charge in [0.25, 0.3) is 0 Å². The number of hydrogen-bond acceptors (Lipinski definition) is 10. The van der Waals surface area contributed by atoms with Gasteiger partial charge in [0, 0.05) is 27.8 Å². The van der Waals surface area contributed by atoms with E-state index in [1.54, 1.807) is 55.4 Å². The molecule has 26 heavy (non-hydrogen) atoms. The molecule has 0 amide bonds. The SMILES string of the molecule is CC(C)O.CC(N)NC(C)O.CC(N)NC(C)O.CC(N)NC(C)O.[Ti]. The average Bonchev–Trinajstić information content (AvgIpc) is 2.22. The Labute approximate surface area is 174 Å². The van der Waals surface area contributed by atoms with Gasteiger partial charge in [-0.3, -0.25) is 16.0 Å². The van der Waals surface area contributed by atoms with Gasteiger partial charge < -0.3 is 37.6 Å². The van der Waals surface area contributed by atoms with E-state index in [0.717, 1.165) is 0 Å². The largest absolute Gasteiger partial charge is 0.394 e. The maximum atomic E-state index is 8.53. The van der Waals surface area contributed by atoms with Crippen molar-refractivity contribution in [3.63, 3.8) is 0 Å². The first-order chi connectivity index (χ1) is 11.1. The average molecular weight is 420 g/mol. The maximum absolute atomic E-state index is 8.53. The summed E-state index contributed by atoms with van der Waals surface area (Å²) in [6.45, 7) is 13.6.